The van der Waals surface area contributed by atoms with Crippen molar-refractivity contribution in [2.24, 2.45) is 0 Å². The number of hydrogen-bond acceptors (Lipinski definition) is 5. The number of aromatic nitrogens is 1. The Kier molecular flexibility index (Phi) is 5.52. The summed E-state index contributed by atoms with van der Waals surface area (Å²) in [6, 6.07) is 13.9. The summed E-state index contributed by atoms with van der Waals surface area (Å²) < 4.78 is 18.3. The average Bonchev–Trinajstić information content (AvgIpc) is 3.15. The number of methoxy groups -OCH3 is 1. The molecule has 0 unspecified atom stereocenters. The number of rotatable bonds is 5. The number of thiazole rings is 1. The van der Waals surface area contributed by atoms with Crippen LogP contribution in [0.15, 0.2) is 54.0 Å². The second-order valence-corrected chi connectivity index (χ2v) is 6.47. The van der Waals surface area contributed by atoms with E-state index in [1.54, 1.807) is 7.11 Å². The van der Waals surface area contributed by atoms with Crippen molar-refractivity contribution in [2.45, 2.75) is 0 Å². The van der Waals surface area contributed by atoms with Gasteiger partial charge in [0.1, 0.15) is 28.2 Å². The molecule has 3 aromatic rings. The monoisotopic (exact) mass is 385 g/mol. The minimum absolute atomic E-state index is 0.0120. The largest absolute Gasteiger partial charge is 0.497 e. The van der Waals surface area contributed by atoms with Gasteiger partial charge in [-0.3, -0.25) is 0 Å². The van der Waals surface area contributed by atoms with Gasteiger partial charge in [0.05, 0.1) is 17.8 Å². The molecule has 1 N–H and O–H groups in total. The van der Waals surface area contributed by atoms with Gasteiger partial charge in [-0.05, 0) is 42.5 Å². The fourth-order valence-corrected chi connectivity index (χ4v) is 3.15. The maximum atomic E-state index is 13.2. The maximum Gasteiger partial charge on any atom is 0.141 e. The Morgan fingerprint density at radius 1 is 1.31 bits per heavy atom. The molecule has 130 valence electrons. The zero-order chi connectivity index (χ0) is 18.5. The third kappa shape index (κ3) is 4.02. The van der Waals surface area contributed by atoms with Crippen molar-refractivity contribution in [2.75, 3.05) is 12.4 Å². The zero-order valence-corrected chi connectivity index (χ0v) is 15.2. The molecule has 0 saturated carbocycles. The third-order valence-corrected chi connectivity index (χ3v) is 4.71. The van der Waals surface area contributed by atoms with Crippen LogP contribution in [0.4, 0.5) is 10.1 Å². The molecule has 3 rings (SSSR count). The molecule has 0 spiro atoms. The van der Waals surface area contributed by atoms with E-state index in [1.807, 2.05) is 29.6 Å². The second kappa shape index (κ2) is 8.00. The van der Waals surface area contributed by atoms with Crippen molar-refractivity contribution in [1.82, 2.24) is 4.98 Å². The van der Waals surface area contributed by atoms with Crippen LogP contribution in [-0.4, -0.2) is 12.1 Å². The smallest absolute Gasteiger partial charge is 0.141 e. The van der Waals surface area contributed by atoms with Crippen LogP contribution in [0.1, 0.15) is 5.01 Å². The number of halogens is 2. The molecule has 1 heterocycles. The first-order chi connectivity index (χ1) is 12.6. The Morgan fingerprint density at radius 3 is 2.73 bits per heavy atom. The number of ether oxygens (including phenoxy) is 1. The molecule has 0 amide bonds. The summed E-state index contributed by atoms with van der Waals surface area (Å²) in [4.78, 5) is 4.51. The zero-order valence-electron chi connectivity index (χ0n) is 13.7. The lowest BCUT2D eigenvalue weighted by Gasteiger charge is -2.03. The summed E-state index contributed by atoms with van der Waals surface area (Å²) in [5.41, 5.74) is 2.66. The van der Waals surface area contributed by atoms with E-state index in [9.17, 15) is 9.65 Å². The van der Waals surface area contributed by atoms with E-state index >= 15 is 0 Å². The molecule has 0 aliphatic carbocycles. The van der Waals surface area contributed by atoms with E-state index in [0.29, 0.717) is 16.3 Å². The lowest BCUT2D eigenvalue weighted by molar-refractivity contribution is 0.415. The normalized spacial score (nSPS) is 11.1. The predicted octanol–water partition coefficient (Wildman–Crippen LogP) is 5.59. The van der Waals surface area contributed by atoms with Crippen molar-refractivity contribution >= 4 is 34.2 Å². The first kappa shape index (κ1) is 17.9. The van der Waals surface area contributed by atoms with Crippen LogP contribution >= 0.6 is 22.9 Å². The first-order valence-corrected chi connectivity index (χ1v) is 8.78. The van der Waals surface area contributed by atoms with Crippen LogP contribution in [0, 0.1) is 17.1 Å². The standard InChI is InChI=1S/C19H13ClFN3OS/c1-25-15-5-2-12(3-6-15)18-11-26-19(24-18)13(9-22)10-23-14-4-7-17(21)16(20)8-14/h2-8,10-11,23H,1H3. The van der Waals surface area contributed by atoms with Crippen LogP contribution in [-0.2, 0) is 0 Å². The molecular weight excluding hydrogens is 373 g/mol. The Hall–Kier alpha value is -2.88. The highest BCUT2D eigenvalue weighted by molar-refractivity contribution is 7.11. The van der Waals surface area contributed by atoms with Crippen molar-refractivity contribution in [3.63, 3.8) is 0 Å². The highest BCUT2D eigenvalue weighted by Gasteiger charge is 2.09. The lowest BCUT2D eigenvalue weighted by Crippen LogP contribution is -1.92. The number of allylic oxidation sites excluding steroid dienone is 1. The predicted molar refractivity (Wildman–Crippen MR) is 103 cm³/mol. The van der Waals surface area contributed by atoms with E-state index in [1.165, 1.54) is 35.7 Å². The Bertz CT molecular complexity index is 993. The molecule has 0 aliphatic rings. The van der Waals surface area contributed by atoms with Gasteiger partial charge in [0.25, 0.3) is 0 Å². The van der Waals surface area contributed by atoms with Gasteiger partial charge < -0.3 is 10.1 Å². The number of anilines is 1. The minimum Gasteiger partial charge on any atom is -0.497 e. The van der Waals surface area contributed by atoms with Gasteiger partial charge in [-0.1, -0.05) is 11.6 Å². The summed E-state index contributed by atoms with van der Waals surface area (Å²) in [5, 5.41) is 14.8. The number of nitrogens with zero attached hydrogens (tertiary/aromatic N) is 2. The van der Waals surface area contributed by atoms with Crippen molar-refractivity contribution < 1.29 is 9.13 Å². The van der Waals surface area contributed by atoms with Gasteiger partial charge >= 0.3 is 0 Å². The van der Waals surface area contributed by atoms with Crippen LogP contribution in [0.25, 0.3) is 16.8 Å². The first-order valence-electron chi connectivity index (χ1n) is 7.53. The van der Waals surface area contributed by atoms with Gasteiger partial charge in [-0.15, -0.1) is 11.3 Å². The minimum atomic E-state index is -0.495. The number of nitriles is 1. The Morgan fingerprint density at radius 2 is 2.08 bits per heavy atom. The number of nitrogens with one attached hydrogen (secondary N) is 1. The fraction of sp³-hybridized carbons (Fsp3) is 0.0526. The van der Waals surface area contributed by atoms with E-state index in [-0.39, 0.29) is 5.02 Å². The van der Waals surface area contributed by atoms with Crippen molar-refractivity contribution in [1.29, 1.82) is 5.26 Å². The van der Waals surface area contributed by atoms with Gasteiger partial charge in [-0.2, -0.15) is 5.26 Å². The molecule has 0 bridgehead atoms. The van der Waals surface area contributed by atoms with Gasteiger partial charge in [0, 0.05) is 22.8 Å². The van der Waals surface area contributed by atoms with Crippen LogP contribution < -0.4 is 10.1 Å². The highest BCUT2D eigenvalue weighted by Crippen LogP contribution is 2.27. The summed E-state index contributed by atoms with van der Waals surface area (Å²) >= 11 is 7.12. The van der Waals surface area contributed by atoms with E-state index < -0.39 is 5.82 Å². The fourth-order valence-electron chi connectivity index (χ4n) is 2.18. The molecule has 4 nitrogen and oxygen atoms in total. The lowest BCUT2D eigenvalue weighted by atomic mass is 10.2. The average molecular weight is 386 g/mol. The van der Waals surface area contributed by atoms with Gasteiger partial charge in [-0.25, -0.2) is 9.37 Å². The summed E-state index contributed by atoms with van der Waals surface area (Å²) in [5.74, 6) is 0.273. The summed E-state index contributed by atoms with van der Waals surface area (Å²) in [6.45, 7) is 0. The molecule has 0 aliphatic heterocycles. The van der Waals surface area contributed by atoms with E-state index in [2.05, 4.69) is 16.4 Å². The van der Waals surface area contributed by atoms with E-state index in [0.717, 1.165) is 17.0 Å². The molecule has 0 fully saturated rings. The molecule has 0 atom stereocenters. The number of hydrogen-bond donors (Lipinski definition) is 1. The Labute approximate surface area is 159 Å². The molecule has 1 aromatic heterocycles. The van der Waals surface area contributed by atoms with Crippen molar-refractivity contribution in [3.05, 3.63) is 69.9 Å². The van der Waals surface area contributed by atoms with Crippen LogP contribution in [0.2, 0.25) is 5.02 Å². The summed E-state index contributed by atoms with van der Waals surface area (Å²) in [7, 11) is 1.61. The quantitative estimate of drug-likeness (QED) is 0.582. The maximum absolute atomic E-state index is 13.2. The molecular formula is C19H13ClFN3OS. The SMILES string of the molecule is COc1ccc(-c2csc(C(C#N)=CNc3ccc(F)c(Cl)c3)n2)cc1. The molecule has 0 saturated heterocycles. The second-order valence-electron chi connectivity index (χ2n) is 5.21. The molecule has 2 aromatic carbocycles. The number of benzene rings is 2. The van der Waals surface area contributed by atoms with Crippen molar-refractivity contribution in [3.8, 4) is 23.1 Å². The van der Waals surface area contributed by atoms with Crippen LogP contribution in [0.5, 0.6) is 5.75 Å². The molecule has 0 radical (unpaired) electrons. The van der Waals surface area contributed by atoms with Crippen LogP contribution in [0.3, 0.4) is 0 Å². The highest BCUT2D eigenvalue weighted by atomic mass is 35.5. The van der Waals surface area contributed by atoms with E-state index in [4.69, 9.17) is 16.3 Å². The molecule has 7 heteroatoms. The third-order valence-electron chi connectivity index (χ3n) is 3.54. The van der Waals surface area contributed by atoms with Gasteiger partial charge in [0.15, 0.2) is 0 Å². The topological polar surface area (TPSA) is 57.9 Å². The molecule has 26 heavy (non-hydrogen) atoms. The Balaban J connectivity index is 1.81. The van der Waals surface area contributed by atoms with Gasteiger partial charge in [0.2, 0.25) is 0 Å². The summed E-state index contributed by atoms with van der Waals surface area (Å²) in [6.07, 6.45) is 1.53.